The molecular formula is C7H15N3O2. The molecule has 0 fully saturated rings. The van der Waals surface area contributed by atoms with Crippen LogP contribution < -0.4 is 0 Å². The summed E-state index contributed by atoms with van der Waals surface area (Å²) in [5, 5.41) is 16.3. The van der Waals surface area contributed by atoms with E-state index < -0.39 is 11.1 Å². The van der Waals surface area contributed by atoms with Crippen molar-refractivity contribution in [3.8, 4) is 0 Å². The van der Waals surface area contributed by atoms with Gasteiger partial charge in [0.15, 0.2) is 11.1 Å². The Morgan fingerprint density at radius 3 is 2.00 bits per heavy atom. The van der Waals surface area contributed by atoms with Crippen LogP contribution in [-0.2, 0) is 4.84 Å². The predicted octanol–water partition coefficient (Wildman–Crippen LogP) is 1.30. The second-order valence-corrected chi connectivity index (χ2v) is 3.93. The summed E-state index contributed by atoms with van der Waals surface area (Å²) < 4.78 is 0. The Morgan fingerprint density at radius 1 is 1.33 bits per heavy atom. The van der Waals surface area contributed by atoms with E-state index in [0.29, 0.717) is 4.97 Å². The molecule has 0 saturated heterocycles. The quantitative estimate of drug-likeness (QED) is 0.443. The number of hydroxylamine groups is 1. The lowest BCUT2D eigenvalue weighted by Gasteiger charge is -2.30. The van der Waals surface area contributed by atoms with E-state index in [1.807, 2.05) is 27.7 Å². The molecule has 0 amide bonds. The minimum absolute atomic E-state index is 0.413. The van der Waals surface area contributed by atoms with Crippen LogP contribution in [0.4, 0.5) is 0 Å². The van der Waals surface area contributed by atoms with Crippen molar-refractivity contribution in [3.63, 3.8) is 0 Å². The highest BCUT2D eigenvalue weighted by molar-refractivity contribution is 4.97. The van der Waals surface area contributed by atoms with E-state index in [4.69, 9.17) is 4.84 Å². The highest BCUT2D eigenvalue weighted by Gasteiger charge is 2.55. The molecule has 1 rings (SSSR count). The minimum Gasteiger partial charge on any atom is -0.570 e. The first-order valence-corrected chi connectivity index (χ1v) is 3.87. The van der Waals surface area contributed by atoms with E-state index in [2.05, 4.69) is 5.11 Å². The molecule has 0 saturated carbocycles. The summed E-state index contributed by atoms with van der Waals surface area (Å²) in [5.41, 5.74) is -0.839. The number of hydrogen-bond donors (Lipinski definition) is 0. The lowest BCUT2D eigenvalue weighted by atomic mass is 9.84. The third kappa shape index (κ3) is 0.964. The average molecular weight is 173 g/mol. The summed E-state index contributed by atoms with van der Waals surface area (Å²) in [4.78, 5) is 5.43. The lowest BCUT2D eigenvalue weighted by Crippen LogP contribution is -2.52. The number of hydrogen-bond acceptors (Lipinski definition) is 4. The summed E-state index contributed by atoms with van der Waals surface area (Å²) in [6.07, 6.45) is 0. The van der Waals surface area contributed by atoms with Crippen molar-refractivity contribution in [2.75, 3.05) is 7.11 Å². The largest absolute Gasteiger partial charge is 0.570 e. The zero-order valence-corrected chi connectivity index (χ0v) is 8.16. The maximum atomic E-state index is 11.2. The normalized spacial score (nSPS) is 25.8. The molecule has 0 aromatic rings. The molecule has 0 spiro atoms. The maximum Gasteiger partial charge on any atom is 0.154 e. The monoisotopic (exact) mass is 173 g/mol. The maximum absolute atomic E-state index is 11.2. The fourth-order valence-electron chi connectivity index (χ4n) is 1.12. The molecule has 0 aliphatic carbocycles. The van der Waals surface area contributed by atoms with Gasteiger partial charge < -0.3 is 5.21 Å². The van der Waals surface area contributed by atoms with Crippen LogP contribution in [-0.4, -0.2) is 28.3 Å². The second-order valence-electron chi connectivity index (χ2n) is 3.93. The van der Waals surface area contributed by atoms with Crippen molar-refractivity contribution in [3.05, 3.63) is 5.21 Å². The Bertz CT molecular complexity index is 223. The van der Waals surface area contributed by atoms with Gasteiger partial charge in [0.2, 0.25) is 0 Å². The first-order chi connectivity index (χ1) is 5.33. The van der Waals surface area contributed by atoms with Gasteiger partial charge in [-0.3, -0.25) is 0 Å². The summed E-state index contributed by atoms with van der Waals surface area (Å²) >= 11 is 0. The van der Waals surface area contributed by atoms with Gasteiger partial charge in [-0.1, -0.05) is 0 Å². The van der Waals surface area contributed by atoms with Crippen molar-refractivity contribution in [2.45, 2.75) is 38.8 Å². The van der Waals surface area contributed by atoms with Gasteiger partial charge in [-0.15, -0.1) is 0 Å². The number of rotatable bonds is 1. The van der Waals surface area contributed by atoms with E-state index >= 15 is 0 Å². The van der Waals surface area contributed by atoms with Crippen LogP contribution in [0.1, 0.15) is 27.7 Å². The zero-order valence-electron chi connectivity index (χ0n) is 8.16. The lowest BCUT2D eigenvalue weighted by molar-refractivity contribution is -0.759. The zero-order chi connectivity index (χ0) is 9.57. The Morgan fingerprint density at radius 2 is 1.83 bits per heavy atom. The molecule has 0 N–H and O–H groups in total. The van der Waals surface area contributed by atoms with Crippen LogP contribution in [0, 0.1) is 5.21 Å². The van der Waals surface area contributed by atoms with Gasteiger partial charge in [0.1, 0.15) is 0 Å². The molecule has 0 bridgehead atoms. The van der Waals surface area contributed by atoms with Gasteiger partial charge in [-0.25, -0.2) is 4.84 Å². The fourth-order valence-corrected chi connectivity index (χ4v) is 1.12. The van der Waals surface area contributed by atoms with Gasteiger partial charge in [0, 0.05) is 5.11 Å². The molecule has 1 aliphatic heterocycles. The van der Waals surface area contributed by atoms with E-state index in [1.54, 1.807) is 0 Å². The van der Waals surface area contributed by atoms with E-state index in [0.717, 1.165) is 0 Å². The average Bonchev–Trinajstić information content (AvgIpc) is 1.99. The van der Waals surface area contributed by atoms with Crippen LogP contribution in [0.15, 0.2) is 5.11 Å². The standard InChI is InChI=1S/C7H15N3O2/c1-6(2)7(3,4)9(12-5)10(11)8-6/h1-5H3. The van der Waals surface area contributed by atoms with Gasteiger partial charge in [-0.2, -0.15) is 0 Å². The molecule has 1 aliphatic rings. The Labute approximate surface area is 72.1 Å². The molecule has 5 nitrogen and oxygen atoms in total. The summed E-state index contributed by atoms with van der Waals surface area (Å²) in [5.74, 6) is 0. The second kappa shape index (κ2) is 2.32. The topological polar surface area (TPSA) is 50.9 Å². The molecule has 0 atom stereocenters. The smallest absolute Gasteiger partial charge is 0.154 e. The third-order valence-corrected chi connectivity index (χ3v) is 2.64. The van der Waals surface area contributed by atoms with Crippen LogP contribution in [0.2, 0.25) is 0 Å². The van der Waals surface area contributed by atoms with Crippen molar-refractivity contribution in [2.24, 2.45) is 5.11 Å². The van der Waals surface area contributed by atoms with Crippen molar-refractivity contribution < 1.29 is 9.81 Å². The molecule has 1 heterocycles. The van der Waals surface area contributed by atoms with Crippen LogP contribution in [0.25, 0.3) is 0 Å². The van der Waals surface area contributed by atoms with Gasteiger partial charge in [-0.05, 0) is 32.9 Å². The van der Waals surface area contributed by atoms with Crippen molar-refractivity contribution in [1.82, 2.24) is 5.17 Å². The summed E-state index contributed by atoms with van der Waals surface area (Å²) in [6.45, 7) is 7.63. The van der Waals surface area contributed by atoms with Gasteiger partial charge in [0.05, 0.1) is 12.1 Å². The van der Waals surface area contributed by atoms with Crippen molar-refractivity contribution >= 4 is 0 Å². The van der Waals surface area contributed by atoms with E-state index in [-0.39, 0.29) is 0 Å². The van der Waals surface area contributed by atoms with Gasteiger partial charge in [0.25, 0.3) is 0 Å². The Hall–Kier alpha value is -0.840. The molecule has 0 radical (unpaired) electrons. The highest BCUT2D eigenvalue weighted by Crippen LogP contribution is 2.36. The van der Waals surface area contributed by atoms with E-state index in [9.17, 15) is 5.21 Å². The van der Waals surface area contributed by atoms with E-state index in [1.165, 1.54) is 12.3 Å². The van der Waals surface area contributed by atoms with Crippen LogP contribution in [0.3, 0.4) is 0 Å². The number of hydrazine groups is 1. The molecule has 70 valence electrons. The highest BCUT2D eigenvalue weighted by atomic mass is 16.8. The fraction of sp³-hybridized carbons (Fsp3) is 1.00. The minimum atomic E-state index is -0.426. The molecule has 0 aromatic carbocycles. The Kier molecular flexibility index (Phi) is 1.79. The summed E-state index contributed by atoms with van der Waals surface area (Å²) in [7, 11) is 1.46. The molecule has 12 heavy (non-hydrogen) atoms. The first kappa shape index (κ1) is 9.25. The van der Waals surface area contributed by atoms with Crippen LogP contribution >= 0.6 is 0 Å². The van der Waals surface area contributed by atoms with Crippen molar-refractivity contribution in [1.29, 1.82) is 0 Å². The molecular weight excluding hydrogens is 158 g/mol. The molecule has 0 unspecified atom stereocenters. The third-order valence-electron chi connectivity index (χ3n) is 2.64. The Balaban J connectivity index is 3.03. The van der Waals surface area contributed by atoms with Gasteiger partial charge >= 0.3 is 0 Å². The van der Waals surface area contributed by atoms with Crippen LogP contribution in [0.5, 0.6) is 0 Å². The number of nitrogens with zero attached hydrogens (tertiary/aromatic N) is 3. The first-order valence-electron chi connectivity index (χ1n) is 3.87. The molecule has 5 heteroatoms. The molecule has 0 aromatic heterocycles. The predicted molar refractivity (Wildman–Crippen MR) is 43.1 cm³/mol. The summed E-state index contributed by atoms with van der Waals surface area (Å²) in [6, 6.07) is 0. The SMILES string of the molecule is CON1[N+]([O-])=NC(C)(C)C1(C)C.